The molecule has 0 saturated heterocycles. The fourth-order valence-corrected chi connectivity index (χ4v) is 3.86. The third kappa shape index (κ3) is 1.74. The van der Waals surface area contributed by atoms with Crippen LogP contribution >= 0.6 is 23.4 Å². The molecular weight excluding hydrogens is 240 g/mol. The Morgan fingerprint density at radius 2 is 2.00 bits per heavy atom. The Morgan fingerprint density at radius 3 is 2.62 bits per heavy atom. The minimum Gasteiger partial charge on any atom is -0.227 e. The molecule has 0 bridgehead atoms. The van der Waals surface area contributed by atoms with Crippen molar-refractivity contribution < 1.29 is 0 Å². The van der Waals surface area contributed by atoms with Gasteiger partial charge in [0.2, 0.25) is 0 Å². The molecule has 0 amide bonds. The smallest absolute Gasteiger partial charge is 0.188 e. The quantitative estimate of drug-likeness (QED) is 0.458. The molecule has 0 spiro atoms. The molecule has 2 unspecified atom stereocenters. The molecule has 16 heavy (non-hydrogen) atoms. The molecule has 2 aliphatic rings. The highest BCUT2D eigenvalue weighted by Gasteiger charge is 2.56. The molecule has 2 aliphatic carbocycles. The largest absolute Gasteiger partial charge is 0.227 e. The van der Waals surface area contributed by atoms with Crippen LogP contribution in [0.15, 0.2) is 11.2 Å². The zero-order chi connectivity index (χ0) is 11.3. The lowest BCUT2D eigenvalue weighted by atomic mass is 10.0. The van der Waals surface area contributed by atoms with Crippen molar-refractivity contribution in [2.45, 2.75) is 30.8 Å². The standard InChI is InChI=1S/C12H15ClN2S/c1-6-3-7-8(4-6)11(7)9-5-10(13)15-12(14-9)16-2/h5-8,11H,3-4H2,1-2H3/t6?,7-,8+,11?. The molecule has 2 nitrogen and oxygen atoms in total. The van der Waals surface area contributed by atoms with E-state index in [2.05, 4.69) is 16.9 Å². The third-order valence-corrected chi connectivity index (χ3v) is 4.64. The maximum Gasteiger partial charge on any atom is 0.188 e. The molecule has 2 saturated carbocycles. The Bertz CT molecular complexity index is 411. The minimum absolute atomic E-state index is 0.590. The first-order valence-corrected chi connectivity index (χ1v) is 7.37. The summed E-state index contributed by atoms with van der Waals surface area (Å²) >= 11 is 7.59. The predicted octanol–water partition coefficient (Wildman–Crippen LogP) is 3.61. The summed E-state index contributed by atoms with van der Waals surface area (Å²) in [4.78, 5) is 8.78. The fraction of sp³-hybridized carbons (Fsp3) is 0.667. The molecule has 4 atom stereocenters. The summed E-state index contributed by atoms with van der Waals surface area (Å²) in [6.07, 6.45) is 4.72. The molecular formula is C12H15ClN2S. The maximum atomic E-state index is 6.02. The molecule has 86 valence electrons. The van der Waals surface area contributed by atoms with Gasteiger partial charge in [0.05, 0.1) is 5.69 Å². The fourth-order valence-electron chi connectivity index (χ4n) is 3.23. The second kappa shape index (κ2) is 3.88. The van der Waals surface area contributed by atoms with E-state index in [9.17, 15) is 0 Å². The molecule has 1 heterocycles. The van der Waals surface area contributed by atoms with Gasteiger partial charge in [-0.25, -0.2) is 9.97 Å². The van der Waals surface area contributed by atoms with Crippen LogP contribution in [0.1, 0.15) is 31.4 Å². The molecule has 4 heteroatoms. The van der Waals surface area contributed by atoms with Gasteiger partial charge in [0.15, 0.2) is 5.16 Å². The zero-order valence-electron chi connectivity index (χ0n) is 9.48. The van der Waals surface area contributed by atoms with E-state index in [1.54, 1.807) is 11.8 Å². The zero-order valence-corrected chi connectivity index (χ0v) is 11.1. The number of thioether (sulfide) groups is 1. The summed E-state index contributed by atoms with van der Waals surface area (Å²) < 4.78 is 0. The number of fused-ring (bicyclic) bond motifs is 1. The second-order valence-electron chi connectivity index (χ2n) is 5.03. The summed E-state index contributed by atoms with van der Waals surface area (Å²) in [5, 5.41) is 1.40. The molecule has 0 N–H and O–H groups in total. The van der Waals surface area contributed by atoms with Crippen molar-refractivity contribution in [2.75, 3.05) is 6.26 Å². The van der Waals surface area contributed by atoms with Crippen LogP contribution in [0.2, 0.25) is 5.15 Å². The number of rotatable bonds is 2. The minimum atomic E-state index is 0.590. The van der Waals surface area contributed by atoms with E-state index in [0.29, 0.717) is 11.1 Å². The van der Waals surface area contributed by atoms with Crippen molar-refractivity contribution in [1.82, 2.24) is 9.97 Å². The van der Waals surface area contributed by atoms with Gasteiger partial charge in [0.25, 0.3) is 0 Å². The van der Waals surface area contributed by atoms with Crippen LogP contribution in [0.3, 0.4) is 0 Å². The first kappa shape index (κ1) is 10.8. The van der Waals surface area contributed by atoms with Gasteiger partial charge in [-0.3, -0.25) is 0 Å². The van der Waals surface area contributed by atoms with Crippen LogP contribution in [-0.2, 0) is 0 Å². The van der Waals surface area contributed by atoms with E-state index in [4.69, 9.17) is 11.6 Å². The van der Waals surface area contributed by atoms with E-state index in [1.165, 1.54) is 18.5 Å². The van der Waals surface area contributed by atoms with Gasteiger partial charge < -0.3 is 0 Å². The van der Waals surface area contributed by atoms with Crippen molar-refractivity contribution >= 4 is 23.4 Å². The topological polar surface area (TPSA) is 25.8 Å². The van der Waals surface area contributed by atoms with Crippen LogP contribution in [0.5, 0.6) is 0 Å². The normalized spacial score (nSPS) is 36.2. The van der Waals surface area contributed by atoms with Gasteiger partial charge in [-0.1, -0.05) is 30.3 Å². The Balaban J connectivity index is 1.84. The van der Waals surface area contributed by atoms with Gasteiger partial charge in [-0.2, -0.15) is 0 Å². The van der Waals surface area contributed by atoms with Gasteiger partial charge in [-0.05, 0) is 42.9 Å². The maximum absolute atomic E-state index is 6.02. The number of nitrogens with zero attached hydrogens (tertiary/aromatic N) is 2. The lowest BCUT2D eigenvalue weighted by Crippen LogP contribution is -1.99. The summed E-state index contributed by atoms with van der Waals surface area (Å²) in [6.45, 7) is 2.35. The number of hydrogen-bond acceptors (Lipinski definition) is 3. The first-order valence-electron chi connectivity index (χ1n) is 5.77. The Hall–Kier alpha value is -0.280. The summed E-state index contributed by atoms with van der Waals surface area (Å²) in [6, 6.07) is 1.95. The molecule has 3 rings (SSSR count). The van der Waals surface area contributed by atoms with Crippen LogP contribution in [0.4, 0.5) is 0 Å². The second-order valence-corrected chi connectivity index (χ2v) is 6.19. The monoisotopic (exact) mass is 254 g/mol. The Kier molecular flexibility index (Phi) is 2.63. The molecule has 1 aromatic heterocycles. The van der Waals surface area contributed by atoms with Crippen molar-refractivity contribution in [2.24, 2.45) is 17.8 Å². The highest BCUT2D eigenvalue weighted by molar-refractivity contribution is 7.98. The highest BCUT2D eigenvalue weighted by Crippen LogP contribution is 2.64. The van der Waals surface area contributed by atoms with Gasteiger partial charge in [-0.15, -0.1) is 0 Å². The average Bonchev–Trinajstić information content (AvgIpc) is 2.76. The van der Waals surface area contributed by atoms with Crippen molar-refractivity contribution in [3.8, 4) is 0 Å². The third-order valence-electron chi connectivity index (χ3n) is 3.90. The van der Waals surface area contributed by atoms with Crippen molar-refractivity contribution in [3.63, 3.8) is 0 Å². The average molecular weight is 255 g/mol. The van der Waals surface area contributed by atoms with E-state index in [0.717, 1.165) is 22.9 Å². The summed E-state index contributed by atoms with van der Waals surface area (Å²) in [5.74, 6) is 3.32. The van der Waals surface area contributed by atoms with Crippen LogP contribution < -0.4 is 0 Å². The number of hydrogen-bond donors (Lipinski definition) is 0. The lowest BCUT2D eigenvalue weighted by molar-refractivity contribution is 0.508. The molecule has 0 radical (unpaired) electrons. The summed E-state index contributed by atoms with van der Waals surface area (Å²) in [5.41, 5.74) is 1.17. The van der Waals surface area contributed by atoms with E-state index < -0.39 is 0 Å². The predicted molar refractivity (Wildman–Crippen MR) is 66.9 cm³/mol. The summed E-state index contributed by atoms with van der Waals surface area (Å²) in [7, 11) is 0. The van der Waals surface area contributed by atoms with Crippen LogP contribution in [0.25, 0.3) is 0 Å². The number of halogens is 1. The van der Waals surface area contributed by atoms with E-state index in [-0.39, 0.29) is 0 Å². The van der Waals surface area contributed by atoms with E-state index in [1.807, 2.05) is 12.3 Å². The number of aromatic nitrogens is 2. The van der Waals surface area contributed by atoms with Crippen molar-refractivity contribution in [1.29, 1.82) is 0 Å². The Labute approximate surface area is 105 Å². The van der Waals surface area contributed by atoms with Crippen molar-refractivity contribution in [3.05, 3.63) is 16.9 Å². The molecule has 2 fully saturated rings. The van der Waals surface area contributed by atoms with E-state index >= 15 is 0 Å². The van der Waals surface area contributed by atoms with Gasteiger partial charge in [0, 0.05) is 5.92 Å². The van der Waals surface area contributed by atoms with Gasteiger partial charge >= 0.3 is 0 Å². The first-order chi connectivity index (χ1) is 7.69. The Morgan fingerprint density at radius 1 is 1.31 bits per heavy atom. The van der Waals surface area contributed by atoms with Crippen LogP contribution in [-0.4, -0.2) is 16.2 Å². The molecule has 1 aromatic rings. The highest BCUT2D eigenvalue weighted by atomic mass is 35.5. The molecule has 0 aromatic carbocycles. The lowest BCUT2D eigenvalue weighted by Gasteiger charge is -2.08. The van der Waals surface area contributed by atoms with Crippen LogP contribution in [0, 0.1) is 17.8 Å². The molecule has 0 aliphatic heterocycles. The van der Waals surface area contributed by atoms with Gasteiger partial charge in [0.1, 0.15) is 5.15 Å². The SMILES string of the molecule is CSc1nc(Cl)cc(C2[C@H]3CC(C)C[C@@H]23)n1.